The Labute approximate surface area is 141 Å². The van der Waals surface area contributed by atoms with Gasteiger partial charge in [-0.3, -0.25) is 4.79 Å². The van der Waals surface area contributed by atoms with Crippen molar-refractivity contribution >= 4 is 15.9 Å². The molecule has 0 spiro atoms. The standard InChI is InChI=1S/C16H21N3O4S/c1-11-15(12(2)23-19-11)10-18-16(20)9-6-13-4-7-14(8-5-13)24(21,22)17-3/h4-5,7-8,17H,6,9-10H2,1-3H3,(H,18,20). The molecule has 0 atom stereocenters. The van der Waals surface area contributed by atoms with E-state index in [9.17, 15) is 13.2 Å². The third-order valence-electron chi connectivity index (χ3n) is 3.79. The lowest BCUT2D eigenvalue weighted by Crippen LogP contribution is -2.23. The number of aryl methyl sites for hydroxylation is 3. The third kappa shape index (κ3) is 4.42. The van der Waals surface area contributed by atoms with Crippen LogP contribution in [-0.2, 0) is 27.8 Å². The molecule has 0 saturated heterocycles. The molecule has 1 aromatic carbocycles. The van der Waals surface area contributed by atoms with E-state index < -0.39 is 10.0 Å². The quantitative estimate of drug-likeness (QED) is 0.786. The summed E-state index contributed by atoms with van der Waals surface area (Å²) in [5.41, 5.74) is 2.57. The number of carbonyl (C=O) groups is 1. The minimum atomic E-state index is -3.43. The van der Waals surface area contributed by atoms with Gasteiger partial charge in [0.25, 0.3) is 0 Å². The smallest absolute Gasteiger partial charge is 0.240 e. The number of nitrogens with one attached hydrogen (secondary N) is 2. The highest BCUT2D eigenvalue weighted by atomic mass is 32.2. The zero-order valence-corrected chi connectivity index (χ0v) is 14.7. The molecular formula is C16H21N3O4S. The van der Waals surface area contributed by atoms with Crippen molar-refractivity contribution in [2.75, 3.05) is 7.05 Å². The molecule has 0 unspecified atom stereocenters. The fourth-order valence-electron chi connectivity index (χ4n) is 2.24. The van der Waals surface area contributed by atoms with Crippen molar-refractivity contribution in [3.8, 4) is 0 Å². The summed E-state index contributed by atoms with van der Waals surface area (Å²) in [6, 6.07) is 6.49. The van der Waals surface area contributed by atoms with Gasteiger partial charge in [0, 0.05) is 18.5 Å². The lowest BCUT2D eigenvalue weighted by molar-refractivity contribution is -0.121. The van der Waals surface area contributed by atoms with Crippen LogP contribution in [0, 0.1) is 13.8 Å². The monoisotopic (exact) mass is 351 g/mol. The molecule has 0 aliphatic heterocycles. The Morgan fingerprint density at radius 3 is 2.42 bits per heavy atom. The van der Waals surface area contributed by atoms with E-state index in [2.05, 4.69) is 15.2 Å². The molecule has 2 rings (SSSR count). The van der Waals surface area contributed by atoms with Crippen LogP contribution in [-0.4, -0.2) is 26.5 Å². The summed E-state index contributed by atoms with van der Waals surface area (Å²) in [6.45, 7) is 4.03. The van der Waals surface area contributed by atoms with Gasteiger partial charge in [-0.05, 0) is 45.0 Å². The van der Waals surface area contributed by atoms with Gasteiger partial charge in [0.05, 0.1) is 10.6 Å². The van der Waals surface area contributed by atoms with Gasteiger partial charge < -0.3 is 9.84 Å². The molecule has 0 saturated carbocycles. The van der Waals surface area contributed by atoms with Gasteiger partial charge >= 0.3 is 0 Å². The average Bonchev–Trinajstić information content (AvgIpc) is 2.89. The number of hydrogen-bond donors (Lipinski definition) is 2. The van der Waals surface area contributed by atoms with Crippen LogP contribution >= 0.6 is 0 Å². The first-order chi connectivity index (χ1) is 11.3. The van der Waals surface area contributed by atoms with Crippen LogP contribution in [0.3, 0.4) is 0 Å². The van der Waals surface area contributed by atoms with E-state index in [0.717, 1.165) is 16.8 Å². The van der Waals surface area contributed by atoms with E-state index in [0.29, 0.717) is 25.1 Å². The average molecular weight is 351 g/mol. The van der Waals surface area contributed by atoms with Crippen LogP contribution in [0.5, 0.6) is 0 Å². The Morgan fingerprint density at radius 2 is 1.88 bits per heavy atom. The topological polar surface area (TPSA) is 101 Å². The second kappa shape index (κ2) is 7.59. The van der Waals surface area contributed by atoms with Gasteiger partial charge in [-0.1, -0.05) is 17.3 Å². The van der Waals surface area contributed by atoms with Crippen molar-refractivity contribution in [1.29, 1.82) is 0 Å². The number of rotatable bonds is 7. The lowest BCUT2D eigenvalue weighted by Gasteiger charge is -2.06. The van der Waals surface area contributed by atoms with E-state index >= 15 is 0 Å². The molecule has 24 heavy (non-hydrogen) atoms. The first-order valence-corrected chi connectivity index (χ1v) is 9.02. The second-order valence-corrected chi connectivity index (χ2v) is 7.32. The normalized spacial score (nSPS) is 11.5. The molecular weight excluding hydrogens is 330 g/mol. The number of nitrogens with zero attached hydrogens (tertiary/aromatic N) is 1. The summed E-state index contributed by atoms with van der Waals surface area (Å²) in [5.74, 6) is 0.621. The largest absolute Gasteiger partial charge is 0.361 e. The SMILES string of the molecule is CNS(=O)(=O)c1ccc(CCC(=O)NCc2c(C)noc2C)cc1. The van der Waals surface area contributed by atoms with Crippen molar-refractivity contribution in [3.63, 3.8) is 0 Å². The molecule has 0 aliphatic rings. The highest BCUT2D eigenvalue weighted by molar-refractivity contribution is 7.89. The Kier molecular flexibility index (Phi) is 5.74. The number of sulfonamides is 1. The first-order valence-electron chi connectivity index (χ1n) is 7.54. The fraction of sp³-hybridized carbons (Fsp3) is 0.375. The molecule has 1 aromatic heterocycles. The molecule has 0 fully saturated rings. The maximum absolute atomic E-state index is 11.9. The number of carbonyl (C=O) groups excluding carboxylic acids is 1. The molecule has 1 amide bonds. The number of amides is 1. The molecule has 0 radical (unpaired) electrons. The first kappa shape index (κ1) is 18.2. The van der Waals surface area contributed by atoms with Gasteiger partial charge in [0.15, 0.2) is 0 Å². The summed E-state index contributed by atoms with van der Waals surface area (Å²) in [7, 11) is -2.06. The maximum Gasteiger partial charge on any atom is 0.240 e. The number of benzene rings is 1. The Morgan fingerprint density at radius 1 is 1.21 bits per heavy atom. The van der Waals surface area contributed by atoms with Crippen molar-refractivity contribution < 1.29 is 17.7 Å². The minimum Gasteiger partial charge on any atom is -0.361 e. The summed E-state index contributed by atoms with van der Waals surface area (Å²) in [4.78, 5) is 12.1. The van der Waals surface area contributed by atoms with Crippen LogP contribution < -0.4 is 10.0 Å². The highest BCUT2D eigenvalue weighted by Gasteiger charge is 2.12. The molecule has 8 heteroatoms. The summed E-state index contributed by atoms with van der Waals surface area (Å²) < 4.78 is 30.6. The fourth-order valence-corrected chi connectivity index (χ4v) is 2.97. The zero-order valence-electron chi connectivity index (χ0n) is 13.9. The highest BCUT2D eigenvalue weighted by Crippen LogP contribution is 2.13. The van der Waals surface area contributed by atoms with Crippen molar-refractivity contribution in [2.24, 2.45) is 0 Å². The zero-order chi connectivity index (χ0) is 17.7. The van der Waals surface area contributed by atoms with Crippen molar-refractivity contribution in [1.82, 2.24) is 15.2 Å². The van der Waals surface area contributed by atoms with E-state index in [1.165, 1.54) is 19.2 Å². The van der Waals surface area contributed by atoms with Crippen LogP contribution in [0.25, 0.3) is 0 Å². The molecule has 0 bridgehead atoms. The predicted molar refractivity (Wildman–Crippen MR) is 88.8 cm³/mol. The Balaban J connectivity index is 1.86. The van der Waals surface area contributed by atoms with E-state index in [4.69, 9.17) is 4.52 Å². The number of aromatic nitrogens is 1. The Hall–Kier alpha value is -2.19. The van der Waals surface area contributed by atoms with Crippen LogP contribution in [0.2, 0.25) is 0 Å². The van der Waals surface area contributed by atoms with E-state index in [-0.39, 0.29) is 10.8 Å². The molecule has 2 aromatic rings. The number of hydrogen-bond acceptors (Lipinski definition) is 5. The van der Waals surface area contributed by atoms with Crippen LogP contribution in [0.15, 0.2) is 33.7 Å². The second-order valence-electron chi connectivity index (χ2n) is 5.43. The van der Waals surface area contributed by atoms with Gasteiger partial charge in [-0.25, -0.2) is 13.1 Å². The van der Waals surface area contributed by atoms with Crippen molar-refractivity contribution in [2.45, 2.75) is 38.1 Å². The van der Waals surface area contributed by atoms with E-state index in [1.807, 2.05) is 13.8 Å². The molecule has 0 aliphatic carbocycles. The summed E-state index contributed by atoms with van der Waals surface area (Å²) >= 11 is 0. The van der Waals surface area contributed by atoms with Gasteiger partial charge in [0.1, 0.15) is 5.76 Å². The van der Waals surface area contributed by atoms with E-state index in [1.54, 1.807) is 12.1 Å². The van der Waals surface area contributed by atoms with Gasteiger partial charge in [-0.15, -0.1) is 0 Å². The third-order valence-corrected chi connectivity index (χ3v) is 5.22. The minimum absolute atomic E-state index is 0.0816. The maximum atomic E-state index is 11.9. The predicted octanol–water partition coefficient (Wildman–Crippen LogP) is 1.45. The lowest BCUT2D eigenvalue weighted by atomic mass is 10.1. The van der Waals surface area contributed by atoms with Crippen molar-refractivity contribution in [3.05, 3.63) is 46.8 Å². The molecule has 130 valence electrons. The van der Waals surface area contributed by atoms with Gasteiger partial charge in [0.2, 0.25) is 15.9 Å². The summed E-state index contributed by atoms with van der Waals surface area (Å²) in [5, 5.41) is 6.68. The molecule has 1 heterocycles. The summed E-state index contributed by atoms with van der Waals surface area (Å²) in [6.07, 6.45) is 0.856. The van der Waals surface area contributed by atoms with Crippen LogP contribution in [0.1, 0.15) is 29.0 Å². The Bertz CT molecular complexity index is 791. The molecule has 2 N–H and O–H groups in total. The van der Waals surface area contributed by atoms with Crippen LogP contribution in [0.4, 0.5) is 0 Å². The van der Waals surface area contributed by atoms with Gasteiger partial charge in [-0.2, -0.15) is 0 Å². The molecule has 7 nitrogen and oxygen atoms in total.